The van der Waals surface area contributed by atoms with Crippen molar-refractivity contribution < 1.29 is 23.5 Å². The minimum absolute atomic E-state index is 0.0341. The number of esters is 2. The lowest BCUT2D eigenvalue weighted by molar-refractivity contribution is -0.141. The molecule has 0 atom stereocenters. The van der Waals surface area contributed by atoms with Gasteiger partial charge in [-0.25, -0.2) is 9.59 Å². The summed E-state index contributed by atoms with van der Waals surface area (Å²) in [4.78, 5) is 24.9. The molecule has 0 radical (unpaired) electrons. The zero-order valence-corrected chi connectivity index (χ0v) is 21.8. The Labute approximate surface area is 186 Å². The molecule has 0 unspecified atom stereocenters. The van der Waals surface area contributed by atoms with Crippen LogP contribution in [0.15, 0.2) is 11.3 Å². The molecule has 0 saturated carbocycles. The zero-order chi connectivity index (χ0) is 23.2. The summed E-state index contributed by atoms with van der Waals surface area (Å²) in [5.74, 6) is -1.08. The van der Waals surface area contributed by atoms with Crippen molar-refractivity contribution in [2.24, 2.45) is 0 Å². The molecule has 0 N–H and O–H groups in total. The van der Waals surface area contributed by atoms with Gasteiger partial charge in [0.25, 0.3) is 8.32 Å². The molecule has 0 aliphatic heterocycles. The Balaban J connectivity index is 4.99. The quantitative estimate of drug-likeness (QED) is 0.0905. The molecule has 176 valence electrons. The number of hydrogen-bond donors (Lipinski definition) is 0. The minimum atomic E-state index is -2.31. The van der Waals surface area contributed by atoms with Gasteiger partial charge in [0.1, 0.15) is 0 Å². The average molecular weight is 443 g/mol. The molecule has 0 aliphatic carbocycles. The lowest BCUT2D eigenvalue weighted by atomic mass is 10.0. The van der Waals surface area contributed by atoms with E-state index in [-0.39, 0.29) is 10.8 Å². The minimum Gasteiger partial charge on any atom is -0.538 e. The Morgan fingerprint density at radius 3 is 1.57 bits per heavy atom. The highest BCUT2D eigenvalue weighted by atomic mass is 28.4. The molecule has 0 spiro atoms. The lowest BCUT2D eigenvalue weighted by Gasteiger charge is -2.37. The highest BCUT2D eigenvalue weighted by Crippen LogP contribution is 2.39. The van der Waals surface area contributed by atoms with E-state index in [0.29, 0.717) is 12.0 Å². The van der Waals surface area contributed by atoms with Gasteiger partial charge >= 0.3 is 11.9 Å². The highest BCUT2D eigenvalue weighted by molar-refractivity contribution is 6.74. The van der Waals surface area contributed by atoms with E-state index < -0.39 is 20.3 Å². The molecule has 30 heavy (non-hydrogen) atoms. The van der Waals surface area contributed by atoms with Crippen molar-refractivity contribution in [2.75, 3.05) is 14.2 Å². The van der Waals surface area contributed by atoms with Crippen molar-refractivity contribution >= 4 is 20.3 Å². The number of unbranched alkanes of at least 4 members (excludes halogenated alkanes) is 9. The average Bonchev–Trinajstić information content (AvgIpc) is 2.68. The third-order valence-electron chi connectivity index (χ3n) is 6.02. The van der Waals surface area contributed by atoms with Crippen LogP contribution in [0.25, 0.3) is 0 Å². The number of carbonyl (C=O) groups is 2. The van der Waals surface area contributed by atoms with Gasteiger partial charge in [0.15, 0.2) is 0 Å². The second-order valence-corrected chi connectivity index (χ2v) is 14.3. The van der Waals surface area contributed by atoms with E-state index in [1.165, 1.54) is 59.2 Å². The summed E-state index contributed by atoms with van der Waals surface area (Å²) in [5.41, 5.74) is 0.300. The van der Waals surface area contributed by atoms with Crippen molar-refractivity contribution in [3.05, 3.63) is 11.3 Å². The molecule has 0 rings (SSSR count). The predicted octanol–water partition coefficient (Wildman–Crippen LogP) is 6.92. The maximum atomic E-state index is 12.5. The highest BCUT2D eigenvalue weighted by Gasteiger charge is 2.41. The number of methoxy groups -OCH3 is 2. The fourth-order valence-corrected chi connectivity index (χ4v) is 3.97. The van der Waals surface area contributed by atoms with Crippen LogP contribution < -0.4 is 0 Å². The van der Waals surface area contributed by atoms with Crippen LogP contribution in [0.5, 0.6) is 0 Å². The van der Waals surface area contributed by atoms with E-state index >= 15 is 0 Å². The standard InChI is InChI=1S/C24H46O5Si/c1-9-10-11-12-13-14-15-16-17-18-19-20(22(25)27-5)21(23(26)28-6)29-30(7,8)24(2,3)4/h9-19H2,1-8H3/b21-20+. The summed E-state index contributed by atoms with van der Waals surface area (Å²) in [6.45, 7) is 12.6. The van der Waals surface area contributed by atoms with Gasteiger partial charge in [0.2, 0.25) is 5.76 Å². The normalized spacial score (nSPS) is 12.9. The van der Waals surface area contributed by atoms with E-state index in [9.17, 15) is 9.59 Å². The van der Waals surface area contributed by atoms with Gasteiger partial charge in [-0.2, -0.15) is 0 Å². The maximum absolute atomic E-state index is 12.5. The topological polar surface area (TPSA) is 61.8 Å². The van der Waals surface area contributed by atoms with E-state index in [1.807, 2.05) is 13.1 Å². The van der Waals surface area contributed by atoms with Crippen LogP contribution in [0.2, 0.25) is 18.1 Å². The smallest absolute Gasteiger partial charge is 0.372 e. The monoisotopic (exact) mass is 442 g/mol. The molecule has 0 aromatic carbocycles. The second-order valence-electron chi connectivity index (χ2n) is 9.59. The lowest BCUT2D eigenvalue weighted by Crippen LogP contribution is -2.42. The van der Waals surface area contributed by atoms with Gasteiger partial charge in [-0.1, -0.05) is 85.5 Å². The molecular formula is C24H46O5Si. The van der Waals surface area contributed by atoms with Crippen LogP contribution in [0.4, 0.5) is 0 Å². The first-order chi connectivity index (χ1) is 14.0. The first-order valence-corrected chi connectivity index (χ1v) is 14.5. The van der Waals surface area contributed by atoms with E-state index in [0.717, 1.165) is 19.3 Å². The number of ether oxygens (including phenoxy) is 2. The van der Waals surface area contributed by atoms with Crippen molar-refractivity contribution in [1.29, 1.82) is 0 Å². The Hall–Kier alpha value is -1.30. The van der Waals surface area contributed by atoms with Crippen molar-refractivity contribution in [1.82, 2.24) is 0 Å². The van der Waals surface area contributed by atoms with Crippen molar-refractivity contribution in [2.45, 2.75) is 116 Å². The third kappa shape index (κ3) is 10.6. The summed E-state index contributed by atoms with van der Waals surface area (Å²) in [7, 11) is 0.334. The largest absolute Gasteiger partial charge is 0.538 e. The molecule has 5 nitrogen and oxygen atoms in total. The summed E-state index contributed by atoms with van der Waals surface area (Å²) in [5, 5.41) is -0.107. The maximum Gasteiger partial charge on any atom is 0.372 e. The van der Waals surface area contributed by atoms with Gasteiger partial charge in [-0.3, -0.25) is 0 Å². The number of carbonyl (C=O) groups excluding carboxylic acids is 2. The second kappa shape index (κ2) is 14.7. The zero-order valence-electron chi connectivity index (χ0n) is 20.8. The van der Waals surface area contributed by atoms with Gasteiger partial charge in [-0.15, -0.1) is 0 Å². The van der Waals surface area contributed by atoms with E-state index in [1.54, 1.807) is 0 Å². The van der Waals surface area contributed by atoms with Crippen molar-refractivity contribution in [3.8, 4) is 0 Å². The molecular weight excluding hydrogens is 396 g/mol. The number of hydrogen-bond acceptors (Lipinski definition) is 5. The molecule has 0 fully saturated rings. The summed E-state index contributed by atoms with van der Waals surface area (Å²) in [6, 6.07) is 0. The third-order valence-corrected chi connectivity index (χ3v) is 10.3. The Morgan fingerprint density at radius 1 is 0.733 bits per heavy atom. The molecule has 0 aromatic heterocycles. The van der Waals surface area contributed by atoms with Gasteiger partial charge < -0.3 is 13.9 Å². The Kier molecular flexibility index (Phi) is 14.0. The Morgan fingerprint density at radius 2 is 1.17 bits per heavy atom. The fourth-order valence-electron chi connectivity index (χ4n) is 2.95. The predicted molar refractivity (Wildman–Crippen MR) is 126 cm³/mol. The van der Waals surface area contributed by atoms with Gasteiger partial charge in [0.05, 0.1) is 19.8 Å². The van der Waals surface area contributed by atoms with Crippen LogP contribution in [0.3, 0.4) is 0 Å². The van der Waals surface area contributed by atoms with Crippen LogP contribution in [0.1, 0.15) is 98.3 Å². The molecule has 0 saturated heterocycles. The SMILES string of the molecule is CCCCCCCCCCCC/C(C(=O)OC)=C(\O[Si](C)(C)C(C)(C)C)C(=O)OC. The molecule has 0 heterocycles. The summed E-state index contributed by atoms with van der Waals surface area (Å²) < 4.78 is 16.1. The molecule has 0 aromatic rings. The molecule has 0 bridgehead atoms. The van der Waals surface area contributed by atoms with E-state index in [2.05, 4.69) is 27.7 Å². The first kappa shape index (κ1) is 28.7. The van der Waals surface area contributed by atoms with E-state index in [4.69, 9.17) is 13.9 Å². The summed E-state index contributed by atoms with van der Waals surface area (Å²) in [6.07, 6.45) is 12.5. The summed E-state index contributed by atoms with van der Waals surface area (Å²) >= 11 is 0. The fraction of sp³-hybridized carbons (Fsp3) is 0.833. The van der Waals surface area contributed by atoms with Gasteiger partial charge in [-0.05, 0) is 31.0 Å². The van der Waals surface area contributed by atoms with Crippen LogP contribution in [0, 0.1) is 0 Å². The molecule has 6 heteroatoms. The van der Waals surface area contributed by atoms with Crippen molar-refractivity contribution in [3.63, 3.8) is 0 Å². The number of rotatable bonds is 15. The first-order valence-electron chi connectivity index (χ1n) is 11.6. The van der Waals surface area contributed by atoms with Crippen LogP contribution in [-0.4, -0.2) is 34.5 Å². The Bertz CT molecular complexity index is 546. The van der Waals surface area contributed by atoms with Crippen LogP contribution >= 0.6 is 0 Å². The molecule has 0 amide bonds. The van der Waals surface area contributed by atoms with Crippen LogP contribution in [-0.2, 0) is 23.5 Å². The van der Waals surface area contributed by atoms with Gasteiger partial charge in [0, 0.05) is 0 Å². The molecule has 0 aliphatic rings.